The minimum atomic E-state index is 0.120. The average molecular weight is 213 g/mol. The first-order valence-electron chi connectivity index (χ1n) is 5.86. The van der Waals surface area contributed by atoms with E-state index in [2.05, 4.69) is 10.2 Å². The number of hydrogen-bond acceptors (Lipinski definition) is 3. The first-order chi connectivity index (χ1) is 7.13. The predicted molar refractivity (Wildman–Crippen MR) is 61.5 cm³/mol. The molecule has 1 amide bonds. The van der Waals surface area contributed by atoms with E-state index in [1.807, 2.05) is 14.0 Å². The molecule has 4 heteroatoms. The Morgan fingerprint density at radius 3 is 2.53 bits per heavy atom. The lowest BCUT2D eigenvalue weighted by Crippen LogP contribution is -2.43. The van der Waals surface area contributed by atoms with Crippen LogP contribution >= 0.6 is 0 Å². The molecular weight excluding hydrogens is 190 g/mol. The first-order valence-corrected chi connectivity index (χ1v) is 5.86. The van der Waals surface area contributed by atoms with Gasteiger partial charge < -0.3 is 11.1 Å². The highest BCUT2D eigenvalue weighted by Gasteiger charge is 2.22. The number of carbonyl (C=O) groups excluding carboxylic acids is 1. The van der Waals surface area contributed by atoms with Crippen LogP contribution in [0.4, 0.5) is 0 Å². The lowest BCUT2D eigenvalue weighted by Gasteiger charge is -2.32. The summed E-state index contributed by atoms with van der Waals surface area (Å²) in [7, 11) is 2.02. The molecule has 1 rings (SSSR count). The molecule has 1 aliphatic rings. The number of hydrogen-bond donors (Lipinski definition) is 2. The van der Waals surface area contributed by atoms with Crippen molar-refractivity contribution >= 4 is 5.91 Å². The van der Waals surface area contributed by atoms with E-state index in [9.17, 15) is 4.79 Å². The summed E-state index contributed by atoms with van der Waals surface area (Å²) >= 11 is 0. The number of rotatable bonds is 4. The Balaban J connectivity index is 2.27. The van der Waals surface area contributed by atoms with E-state index in [4.69, 9.17) is 5.73 Å². The Kier molecular flexibility index (Phi) is 5.05. The van der Waals surface area contributed by atoms with Crippen LogP contribution in [0.3, 0.4) is 0 Å². The van der Waals surface area contributed by atoms with E-state index in [0.29, 0.717) is 25.2 Å². The zero-order chi connectivity index (χ0) is 11.3. The summed E-state index contributed by atoms with van der Waals surface area (Å²) in [5.41, 5.74) is 5.85. The fourth-order valence-corrected chi connectivity index (χ4v) is 2.15. The van der Waals surface area contributed by atoms with Crippen LogP contribution in [0.25, 0.3) is 0 Å². The number of nitrogens with zero attached hydrogens (tertiary/aromatic N) is 1. The maximum atomic E-state index is 11.4. The largest absolute Gasteiger partial charge is 0.355 e. The summed E-state index contributed by atoms with van der Waals surface area (Å²) in [6.07, 6.45) is 4.42. The highest BCUT2D eigenvalue weighted by Crippen LogP contribution is 2.20. The minimum absolute atomic E-state index is 0.120. The van der Waals surface area contributed by atoms with Gasteiger partial charge in [-0.05, 0) is 39.7 Å². The van der Waals surface area contributed by atoms with Gasteiger partial charge in [-0.1, -0.05) is 0 Å². The standard InChI is InChI=1S/C11H23N3O/c1-3-13-11(15)8-14(2)10-6-4-9(12)5-7-10/h9-10H,3-8,12H2,1-2H3,(H,13,15). The van der Waals surface area contributed by atoms with Crippen molar-refractivity contribution in [2.75, 3.05) is 20.1 Å². The highest BCUT2D eigenvalue weighted by atomic mass is 16.2. The molecule has 3 N–H and O–H groups in total. The molecule has 0 bridgehead atoms. The molecule has 15 heavy (non-hydrogen) atoms. The van der Waals surface area contributed by atoms with E-state index in [0.717, 1.165) is 25.7 Å². The van der Waals surface area contributed by atoms with Crippen LogP contribution in [0.15, 0.2) is 0 Å². The molecule has 1 aliphatic carbocycles. The summed E-state index contributed by atoms with van der Waals surface area (Å²) in [5.74, 6) is 0.120. The molecule has 1 fully saturated rings. The second-order valence-electron chi connectivity index (χ2n) is 4.44. The normalized spacial score (nSPS) is 26.7. The molecule has 0 aromatic heterocycles. The highest BCUT2D eigenvalue weighted by molar-refractivity contribution is 5.77. The third-order valence-corrected chi connectivity index (χ3v) is 3.13. The van der Waals surface area contributed by atoms with Crippen LogP contribution in [0.5, 0.6) is 0 Å². The van der Waals surface area contributed by atoms with E-state index in [1.165, 1.54) is 0 Å². The summed E-state index contributed by atoms with van der Waals surface area (Å²) < 4.78 is 0. The van der Waals surface area contributed by atoms with Crippen molar-refractivity contribution in [3.63, 3.8) is 0 Å². The van der Waals surface area contributed by atoms with Crippen molar-refractivity contribution in [3.8, 4) is 0 Å². The van der Waals surface area contributed by atoms with Gasteiger partial charge in [0.15, 0.2) is 0 Å². The average Bonchev–Trinajstić information content (AvgIpc) is 2.18. The van der Waals surface area contributed by atoms with Gasteiger partial charge in [-0.25, -0.2) is 0 Å². The van der Waals surface area contributed by atoms with Crippen LogP contribution in [0, 0.1) is 0 Å². The van der Waals surface area contributed by atoms with E-state index < -0.39 is 0 Å². The molecule has 0 spiro atoms. The molecule has 1 saturated carbocycles. The zero-order valence-electron chi connectivity index (χ0n) is 9.83. The molecule has 0 aromatic rings. The smallest absolute Gasteiger partial charge is 0.234 e. The lowest BCUT2D eigenvalue weighted by molar-refractivity contribution is -0.122. The first kappa shape index (κ1) is 12.5. The molecular formula is C11H23N3O. The molecule has 0 unspecified atom stereocenters. The Morgan fingerprint density at radius 2 is 2.00 bits per heavy atom. The fourth-order valence-electron chi connectivity index (χ4n) is 2.15. The second-order valence-corrected chi connectivity index (χ2v) is 4.44. The third kappa shape index (κ3) is 4.18. The quantitative estimate of drug-likeness (QED) is 0.707. The molecule has 0 atom stereocenters. The summed E-state index contributed by atoms with van der Waals surface area (Å²) in [5, 5.41) is 2.82. The molecule has 0 aliphatic heterocycles. The molecule has 0 aromatic carbocycles. The minimum Gasteiger partial charge on any atom is -0.355 e. The summed E-state index contributed by atoms with van der Waals surface area (Å²) in [4.78, 5) is 13.5. The van der Waals surface area contributed by atoms with Gasteiger partial charge in [0.1, 0.15) is 0 Å². The van der Waals surface area contributed by atoms with Crippen molar-refractivity contribution in [2.45, 2.75) is 44.7 Å². The van der Waals surface area contributed by atoms with Gasteiger partial charge in [-0.15, -0.1) is 0 Å². The van der Waals surface area contributed by atoms with Gasteiger partial charge >= 0.3 is 0 Å². The molecule has 0 saturated heterocycles. The van der Waals surface area contributed by atoms with Crippen molar-refractivity contribution < 1.29 is 4.79 Å². The van der Waals surface area contributed by atoms with Gasteiger partial charge in [-0.3, -0.25) is 9.69 Å². The Labute approximate surface area is 92.2 Å². The summed E-state index contributed by atoms with van der Waals surface area (Å²) in [6, 6.07) is 0.909. The van der Waals surface area contributed by atoms with Gasteiger partial charge in [0.25, 0.3) is 0 Å². The lowest BCUT2D eigenvalue weighted by atomic mass is 9.91. The number of amides is 1. The van der Waals surface area contributed by atoms with Gasteiger partial charge in [0.2, 0.25) is 5.91 Å². The molecule has 0 radical (unpaired) electrons. The summed E-state index contributed by atoms with van der Waals surface area (Å²) in [6.45, 7) is 3.16. The van der Waals surface area contributed by atoms with Gasteiger partial charge in [0.05, 0.1) is 6.54 Å². The zero-order valence-corrected chi connectivity index (χ0v) is 9.83. The Morgan fingerprint density at radius 1 is 1.40 bits per heavy atom. The van der Waals surface area contributed by atoms with Crippen molar-refractivity contribution in [1.29, 1.82) is 0 Å². The molecule has 4 nitrogen and oxygen atoms in total. The SMILES string of the molecule is CCNC(=O)CN(C)C1CCC(N)CC1. The maximum absolute atomic E-state index is 11.4. The van der Waals surface area contributed by atoms with Crippen molar-refractivity contribution in [1.82, 2.24) is 10.2 Å². The Bertz CT molecular complexity index is 200. The molecule has 88 valence electrons. The van der Waals surface area contributed by atoms with Gasteiger partial charge in [0, 0.05) is 18.6 Å². The van der Waals surface area contributed by atoms with Crippen LogP contribution in [-0.4, -0.2) is 43.0 Å². The molecule has 0 heterocycles. The second kappa shape index (κ2) is 6.08. The Hall–Kier alpha value is -0.610. The van der Waals surface area contributed by atoms with Crippen LogP contribution in [0.1, 0.15) is 32.6 Å². The van der Waals surface area contributed by atoms with Gasteiger partial charge in [-0.2, -0.15) is 0 Å². The number of carbonyl (C=O) groups is 1. The third-order valence-electron chi connectivity index (χ3n) is 3.13. The maximum Gasteiger partial charge on any atom is 0.234 e. The van der Waals surface area contributed by atoms with Crippen molar-refractivity contribution in [3.05, 3.63) is 0 Å². The topological polar surface area (TPSA) is 58.4 Å². The predicted octanol–water partition coefficient (Wildman–Crippen LogP) is 0.324. The van der Waals surface area contributed by atoms with E-state index in [-0.39, 0.29) is 5.91 Å². The monoisotopic (exact) mass is 213 g/mol. The number of nitrogens with two attached hydrogens (primary N) is 1. The van der Waals surface area contributed by atoms with Crippen molar-refractivity contribution in [2.24, 2.45) is 5.73 Å². The van der Waals surface area contributed by atoms with E-state index >= 15 is 0 Å². The fraction of sp³-hybridized carbons (Fsp3) is 0.909. The van der Waals surface area contributed by atoms with Crippen LogP contribution < -0.4 is 11.1 Å². The van der Waals surface area contributed by atoms with Crippen LogP contribution in [-0.2, 0) is 4.79 Å². The van der Waals surface area contributed by atoms with Crippen LogP contribution in [0.2, 0.25) is 0 Å². The van der Waals surface area contributed by atoms with E-state index in [1.54, 1.807) is 0 Å². The number of nitrogens with one attached hydrogen (secondary N) is 1. The number of likely N-dealkylation sites (N-methyl/N-ethyl adjacent to an activating group) is 2.